The van der Waals surface area contributed by atoms with E-state index in [1.54, 1.807) is 24.0 Å². The summed E-state index contributed by atoms with van der Waals surface area (Å²) >= 11 is 1.18. The van der Waals surface area contributed by atoms with Crippen LogP contribution in [0.2, 0.25) is 0 Å². The number of aromatic nitrogens is 1. The normalized spacial score (nSPS) is 10.9. The Bertz CT molecular complexity index is 1340. The minimum Gasteiger partial charge on any atom is -0.496 e. The van der Waals surface area contributed by atoms with E-state index in [0.717, 1.165) is 17.5 Å². The van der Waals surface area contributed by atoms with Crippen LogP contribution in [0.4, 0.5) is 0 Å². The van der Waals surface area contributed by atoms with E-state index in [-0.39, 0.29) is 76.1 Å². The van der Waals surface area contributed by atoms with Gasteiger partial charge in [-0.15, -0.1) is 11.3 Å². The minimum absolute atomic E-state index is 0. The van der Waals surface area contributed by atoms with Gasteiger partial charge in [0.15, 0.2) is 0 Å². The van der Waals surface area contributed by atoms with Gasteiger partial charge in [-0.2, -0.15) is 13.1 Å². The van der Waals surface area contributed by atoms with Crippen LogP contribution in [0.25, 0.3) is 0 Å². The average Bonchev–Trinajstić information content (AvgIpc) is 3.37. The first-order valence-corrected chi connectivity index (χ1v) is 14.4. The Morgan fingerprint density at radius 3 is 2.31 bits per heavy atom. The van der Waals surface area contributed by atoms with Crippen molar-refractivity contribution in [3.05, 3.63) is 75.2 Å². The molecule has 0 saturated heterocycles. The fourth-order valence-electron chi connectivity index (χ4n) is 3.81. The van der Waals surface area contributed by atoms with Gasteiger partial charge in [0, 0.05) is 29.6 Å². The quantitative estimate of drug-likeness (QED) is 0.271. The summed E-state index contributed by atoms with van der Waals surface area (Å²) in [5.41, 5.74) is 2.30. The Morgan fingerprint density at radius 1 is 1.08 bits per heavy atom. The second-order valence-electron chi connectivity index (χ2n) is 8.38. The molecule has 3 rings (SSSR count). The Kier molecular flexibility index (Phi) is 13.5. The first-order chi connectivity index (χ1) is 18.2. The number of thiazole rings is 1. The number of amides is 2. The largest absolute Gasteiger partial charge is 1.00 e. The summed E-state index contributed by atoms with van der Waals surface area (Å²) in [7, 11) is -0.903. The van der Waals surface area contributed by atoms with Crippen molar-refractivity contribution in [2.24, 2.45) is 0 Å². The van der Waals surface area contributed by atoms with Crippen molar-refractivity contribution < 1.29 is 78.9 Å². The van der Waals surface area contributed by atoms with Gasteiger partial charge in [-0.25, -0.2) is 9.71 Å². The van der Waals surface area contributed by atoms with Crippen LogP contribution in [-0.4, -0.2) is 57.4 Å². The topological polar surface area (TPSA) is 127 Å². The number of hydrogen-bond acceptors (Lipinski definition) is 8. The molecule has 0 atom stereocenters. The SMILES string of the molecule is CCNS(=O)(=O)NC(=O)c1csc(CN(CCCc2ccccc2)C(=O)c2cc(OC)c(C)c(OC)c2)n1.[K+]. The van der Waals surface area contributed by atoms with Crippen molar-refractivity contribution in [1.82, 2.24) is 19.3 Å². The first-order valence-electron chi connectivity index (χ1n) is 12.0. The number of hydrogen-bond donors (Lipinski definition) is 2. The van der Waals surface area contributed by atoms with E-state index in [9.17, 15) is 18.0 Å². The summed E-state index contributed by atoms with van der Waals surface area (Å²) in [6, 6.07) is 13.3. The van der Waals surface area contributed by atoms with Gasteiger partial charge in [0.05, 0.1) is 20.8 Å². The molecule has 10 nitrogen and oxygen atoms in total. The smallest absolute Gasteiger partial charge is 0.496 e. The predicted octanol–water partition coefficient (Wildman–Crippen LogP) is 0.332. The number of aryl methyl sites for hydroxylation is 1. The van der Waals surface area contributed by atoms with Gasteiger partial charge in [-0.1, -0.05) is 37.3 Å². The molecule has 3 aromatic rings. The van der Waals surface area contributed by atoms with Gasteiger partial charge in [0.2, 0.25) is 0 Å². The molecule has 13 heteroatoms. The summed E-state index contributed by atoms with van der Waals surface area (Å²) in [5, 5.41) is 1.96. The summed E-state index contributed by atoms with van der Waals surface area (Å²) in [5.74, 6) is -0.0203. The zero-order valence-corrected chi connectivity index (χ0v) is 27.6. The fraction of sp³-hybridized carbons (Fsp3) is 0.346. The van der Waals surface area contributed by atoms with Crippen molar-refractivity contribution in [3.63, 3.8) is 0 Å². The van der Waals surface area contributed by atoms with E-state index in [2.05, 4.69) is 9.71 Å². The van der Waals surface area contributed by atoms with Crippen molar-refractivity contribution >= 4 is 33.4 Å². The van der Waals surface area contributed by atoms with Crippen molar-refractivity contribution in [3.8, 4) is 11.5 Å². The van der Waals surface area contributed by atoms with Crippen LogP contribution in [0.5, 0.6) is 11.5 Å². The molecule has 0 spiro atoms. The third kappa shape index (κ3) is 9.64. The van der Waals surface area contributed by atoms with Crippen LogP contribution in [0, 0.1) is 6.92 Å². The van der Waals surface area contributed by atoms with Gasteiger partial charge in [-0.3, -0.25) is 9.59 Å². The van der Waals surface area contributed by atoms with E-state index < -0.39 is 16.1 Å². The molecule has 0 bridgehead atoms. The van der Waals surface area contributed by atoms with Crippen molar-refractivity contribution in [2.45, 2.75) is 33.2 Å². The fourth-order valence-corrected chi connectivity index (χ4v) is 5.40. The molecule has 39 heavy (non-hydrogen) atoms. The van der Waals surface area contributed by atoms with E-state index in [1.807, 2.05) is 42.0 Å². The van der Waals surface area contributed by atoms with Crippen LogP contribution in [-0.2, 0) is 23.2 Å². The van der Waals surface area contributed by atoms with Crippen LogP contribution in [0.3, 0.4) is 0 Å². The Labute approximate surface area is 276 Å². The number of carbonyl (C=O) groups is 2. The number of carbonyl (C=O) groups excluding carboxylic acids is 2. The monoisotopic (exact) mass is 599 g/mol. The van der Waals surface area contributed by atoms with Gasteiger partial charge in [-0.05, 0) is 37.5 Å². The van der Waals surface area contributed by atoms with Crippen molar-refractivity contribution in [1.29, 1.82) is 0 Å². The van der Waals surface area contributed by atoms with Crippen LogP contribution in [0.1, 0.15) is 50.3 Å². The van der Waals surface area contributed by atoms with Gasteiger partial charge < -0.3 is 14.4 Å². The second kappa shape index (κ2) is 15.8. The maximum Gasteiger partial charge on any atom is 1.00 e. The number of rotatable bonds is 13. The van der Waals surface area contributed by atoms with Gasteiger partial charge in [0.25, 0.3) is 11.8 Å². The summed E-state index contributed by atoms with van der Waals surface area (Å²) in [6.45, 7) is 4.17. The standard InChI is InChI=1S/C26H32N4O6S2.K/c1-5-27-38(33,34)29-25(31)21-17-37-24(28-21)16-30(13-9-12-19-10-7-6-8-11-19)26(32)20-14-22(35-3)18(2)23(15-20)36-4;/h6-8,10-11,14-15,17,27H,5,9,12-13,16H2,1-4H3,(H,29,31);/q;+1. The number of nitrogens with zero attached hydrogens (tertiary/aromatic N) is 2. The van der Waals surface area contributed by atoms with E-state index >= 15 is 0 Å². The third-order valence-corrected chi connectivity index (χ3v) is 7.65. The number of benzene rings is 2. The Hall–Kier alpha value is -1.84. The molecule has 2 aromatic carbocycles. The maximum atomic E-state index is 13.7. The minimum atomic E-state index is -3.97. The van der Waals surface area contributed by atoms with E-state index in [4.69, 9.17) is 9.47 Å². The molecule has 204 valence electrons. The molecule has 0 aliphatic carbocycles. The van der Waals surface area contributed by atoms with E-state index in [1.165, 1.54) is 30.9 Å². The summed E-state index contributed by atoms with van der Waals surface area (Å²) < 4.78 is 38.7. The zero-order chi connectivity index (χ0) is 27.7. The summed E-state index contributed by atoms with van der Waals surface area (Å²) in [4.78, 5) is 32.0. The zero-order valence-electron chi connectivity index (χ0n) is 22.8. The molecular weight excluding hydrogens is 568 g/mol. The molecule has 0 fully saturated rings. The van der Waals surface area contributed by atoms with Crippen molar-refractivity contribution in [2.75, 3.05) is 27.3 Å². The second-order valence-corrected chi connectivity index (χ2v) is 10.8. The third-order valence-electron chi connectivity index (χ3n) is 5.69. The molecule has 1 heterocycles. The number of nitrogens with one attached hydrogen (secondary N) is 2. The number of ether oxygens (including phenoxy) is 2. The molecule has 0 radical (unpaired) electrons. The Morgan fingerprint density at radius 2 is 1.72 bits per heavy atom. The molecule has 2 amide bonds. The molecule has 0 aliphatic heterocycles. The first kappa shape index (κ1) is 33.4. The molecule has 2 N–H and O–H groups in total. The Balaban J connectivity index is 0.00000533. The predicted molar refractivity (Wildman–Crippen MR) is 146 cm³/mol. The molecule has 0 saturated carbocycles. The molecule has 0 aliphatic rings. The van der Waals surface area contributed by atoms with Gasteiger partial charge >= 0.3 is 61.6 Å². The maximum absolute atomic E-state index is 13.7. The van der Waals surface area contributed by atoms with Gasteiger partial charge in [0.1, 0.15) is 22.2 Å². The molecule has 1 aromatic heterocycles. The summed E-state index contributed by atoms with van der Waals surface area (Å²) in [6.07, 6.45) is 1.48. The van der Waals surface area contributed by atoms with E-state index in [0.29, 0.717) is 35.0 Å². The number of methoxy groups -OCH3 is 2. The molecular formula is C26H32KN4O6S2+. The van der Waals surface area contributed by atoms with Crippen LogP contribution < -0.4 is 70.3 Å². The van der Waals surface area contributed by atoms with Crippen LogP contribution >= 0.6 is 11.3 Å². The average molecular weight is 600 g/mol. The van der Waals surface area contributed by atoms with Crippen LogP contribution in [0.15, 0.2) is 47.8 Å². The molecule has 0 unspecified atom stereocenters.